The van der Waals surface area contributed by atoms with Gasteiger partial charge in [-0.05, 0) is 77.6 Å². The third-order valence-corrected chi connectivity index (χ3v) is 7.56. The summed E-state index contributed by atoms with van der Waals surface area (Å²) in [5, 5.41) is 6.14. The highest BCUT2D eigenvalue weighted by Gasteiger charge is 2.44. The number of carbonyl (C=O) groups excluding carboxylic acids is 2. The molecule has 0 heterocycles. The molecule has 4 aromatic carbocycles. The van der Waals surface area contributed by atoms with Crippen LogP contribution >= 0.6 is 0 Å². The van der Waals surface area contributed by atoms with Crippen molar-refractivity contribution in [2.45, 2.75) is 31.1 Å². The molecule has 184 valence electrons. The second-order valence-electron chi connectivity index (χ2n) is 10.3. The number of carbonyl (C=O) groups is 2. The number of benzene rings is 4. The van der Waals surface area contributed by atoms with Crippen LogP contribution in [0.4, 0.5) is 11.4 Å². The minimum absolute atomic E-state index is 0.0604. The molecule has 37 heavy (non-hydrogen) atoms. The average molecular weight is 487 g/mol. The molecule has 2 aliphatic rings. The van der Waals surface area contributed by atoms with E-state index in [0.717, 1.165) is 30.6 Å². The number of rotatable bonds is 8. The van der Waals surface area contributed by atoms with Gasteiger partial charge in [-0.15, -0.1) is 0 Å². The van der Waals surface area contributed by atoms with Gasteiger partial charge in [0.05, 0.1) is 0 Å². The summed E-state index contributed by atoms with van der Waals surface area (Å²) < 4.78 is 0. The summed E-state index contributed by atoms with van der Waals surface area (Å²) in [6, 6.07) is 36.6. The van der Waals surface area contributed by atoms with Crippen LogP contribution in [0.2, 0.25) is 0 Å². The molecule has 0 aliphatic heterocycles. The highest BCUT2D eigenvalue weighted by molar-refractivity contribution is 5.96. The van der Waals surface area contributed by atoms with Gasteiger partial charge >= 0.3 is 0 Å². The largest absolute Gasteiger partial charge is 0.326 e. The smallest absolute Gasteiger partial charge is 0.228 e. The van der Waals surface area contributed by atoms with E-state index in [4.69, 9.17) is 0 Å². The molecule has 0 aromatic heterocycles. The molecular formula is C33H30N2O2. The van der Waals surface area contributed by atoms with Crippen molar-refractivity contribution in [3.63, 3.8) is 0 Å². The van der Waals surface area contributed by atoms with E-state index in [-0.39, 0.29) is 23.7 Å². The van der Waals surface area contributed by atoms with Crippen molar-refractivity contribution in [3.05, 3.63) is 131 Å². The van der Waals surface area contributed by atoms with Crippen LogP contribution in [0.1, 0.15) is 46.9 Å². The van der Waals surface area contributed by atoms with E-state index in [2.05, 4.69) is 59.2 Å². The maximum Gasteiger partial charge on any atom is 0.228 e. The maximum atomic E-state index is 12.6. The lowest BCUT2D eigenvalue weighted by molar-refractivity contribution is -0.118. The Balaban J connectivity index is 0.985. The fraction of sp³-hybridized carbons (Fsp3) is 0.212. The lowest BCUT2D eigenvalue weighted by Crippen LogP contribution is -2.14. The third-order valence-electron chi connectivity index (χ3n) is 7.56. The Labute approximate surface area is 217 Å². The van der Waals surface area contributed by atoms with E-state index in [1.165, 1.54) is 22.3 Å². The Hall–Kier alpha value is -4.18. The summed E-state index contributed by atoms with van der Waals surface area (Å²) in [6.45, 7) is 0. The van der Waals surface area contributed by atoms with Crippen LogP contribution in [0.3, 0.4) is 0 Å². The van der Waals surface area contributed by atoms with Crippen LogP contribution in [0, 0.1) is 11.8 Å². The SMILES string of the molecule is O=C(Nc1ccc(Cc2ccc(NC(=O)[C@@H]3C[C@H]3c3ccccc3)cc2)cc1)[C@@H]1C[C@@H]1c1ccccc1. The first-order chi connectivity index (χ1) is 18.1. The van der Waals surface area contributed by atoms with E-state index in [1.807, 2.05) is 60.7 Å². The Bertz CT molecular complexity index is 1270. The Kier molecular flexibility index (Phi) is 6.32. The fourth-order valence-electron chi connectivity index (χ4n) is 5.22. The molecule has 4 heteroatoms. The Morgan fingerprint density at radius 3 is 1.30 bits per heavy atom. The van der Waals surface area contributed by atoms with E-state index in [9.17, 15) is 9.59 Å². The second-order valence-corrected chi connectivity index (χ2v) is 10.3. The van der Waals surface area contributed by atoms with Crippen LogP contribution in [0.5, 0.6) is 0 Å². The predicted molar refractivity (Wildman–Crippen MR) is 148 cm³/mol. The van der Waals surface area contributed by atoms with E-state index < -0.39 is 0 Å². The van der Waals surface area contributed by atoms with Crippen LogP contribution in [0.15, 0.2) is 109 Å². The molecule has 0 bridgehead atoms. The first-order valence-corrected chi connectivity index (χ1v) is 13.0. The summed E-state index contributed by atoms with van der Waals surface area (Å²) in [4.78, 5) is 25.3. The van der Waals surface area contributed by atoms with Crippen molar-refractivity contribution < 1.29 is 9.59 Å². The lowest BCUT2D eigenvalue weighted by atomic mass is 10.0. The zero-order valence-corrected chi connectivity index (χ0v) is 20.6. The summed E-state index contributed by atoms with van der Waals surface area (Å²) >= 11 is 0. The molecule has 4 aromatic rings. The standard InChI is InChI=1S/C33H30N2O2/c36-32(30-20-28(30)24-7-3-1-4-8-24)34-26-15-11-22(12-16-26)19-23-13-17-27(18-14-23)35-33(37)31-21-29(31)25-9-5-2-6-10-25/h1-18,28-31H,19-21H2,(H,34,36)(H,35,37)/t28-,29+,30-,31-/m1/s1. The van der Waals surface area contributed by atoms with Gasteiger partial charge in [0.2, 0.25) is 11.8 Å². The number of hydrogen-bond acceptors (Lipinski definition) is 2. The van der Waals surface area contributed by atoms with Crippen LogP contribution in [-0.2, 0) is 16.0 Å². The predicted octanol–water partition coefficient (Wildman–Crippen LogP) is 6.76. The molecule has 0 radical (unpaired) electrons. The Morgan fingerprint density at radius 2 is 0.919 bits per heavy atom. The van der Waals surface area contributed by atoms with Crippen LogP contribution < -0.4 is 10.6 Å². The zero-order chi connectivity index (χ0) is 25.2. The third kappa shape index (κ3) is 5.49. The number of hydrogen-bond donors (Lipinski definition) is 2. The highest BCUT2D eigenvalue weighted by atomic mass is 16.2. The second kappa shape index (κ2) is 10.1. The molecule has 2 fully saturated rings. The summed E-state index contributed by atoms with van der Waals surface area (Å²) in [5.74, 6) is 0.988. The van der Waals surface area contributed by atoms with Crippen LogP contribution in [-0.4, -0.2) is 11.8 Å². The van der Waals surface area contributed by atoms with Crippen molar-refractivity contribution in [1.82, 2.24) is 0 Å². The van der Waals surface area contributed by atoms with Gasteiger partial charge in [-0.1, -0.05) is 84.9 Å². The zero-order valence-electron chi connectivity index (χ0n) is 20.6. The number of anilines is 2. The van der Waals surface area contributed by atoms with Crippen molar-refractivity contribution in [2.75, 3.05) is 10.6 Å². The van der Waals surface area contributed by atoms with E-state index >= 15 is 0 Å². The van der Waals surface area contributed by atoms with Gasteiger partial charge in [0.15, 0.2) is 0 Å². The van der Waals surface area contributed by atoms with Gasteiger partial charge in [-0.25, -0.2) is 0 Å². The van der Waals surface area contributed by atoms with Crippen LogP contribution in [0.25, 0.3) is 0 Å². The average Bonchev–Trinajstić information content (AvgIpc) is 3.86. The molecule has 0 spiro atoms. The van der Waals surface area contributed by atoms with Crippen molar-refractivity contribution in [3.8, 4) is 0 Å². The molecule has 2 saturated carbocycles. The molecular weight excluding hydrogens is 456 g/mol. The number of nitrogens with one attached hydrogen (secondary N) is 2. The molecule has 6 rings (SSSR count). The van der Waals surface area contributed by atoms with Gasteiger partial charge in [0.1, 0.15) is 0 Å². The summed E-state index contributed by atoms with van der Waals surface area (Å²) in [6.07, 6.45) is 2.62. The van der Waals surface area contributed by atoms with Crippen molar-refractivity contribution in [1.29, 1.82) is 0 Å². The summed E-state index contributed by atoms with van der Waals surface area (Å²) in [5.41, 5.74) is 6.50. The molecule has 4 atom stereocenters. The number of amides is 2. The normalized spacial score (nSPS) is 21.6. The molecule has 2 amide bonds. The van der Waals surface area contributed by atoms with E-state index in [0.29, 0.717) is 11.8 Å². The fourth-order valence-corrected chi connectivity index (χ4v) is 5.22. The van der Waals surface area contributed by atoms with Gasteiger partial charge in [0.25, 0.3) is 0 Å². The lowest BCUT2D eigenvalue weighted by Gasteiger charge is -2.09. The van der Waals surface area contributed by atoms with Gasteiger partial charge in [-0.3, -0.25) is 9.59 Å². The molecule has 2 N–H and O–H groups in total. The quantitative estimate of drug-likeness (QED) is 0.289. The molecule has 4 nitrogen and oxygen atoms in total. The van der Waals surface area contributed by atoms with Gasteiger partial charge < -0.3 is 10.6 Å². The highest BCUT2D eigenvalue weighted by Crippen LogP contribution is 2.48. The monoisotopic (exact) mass is 486 g/mol. The maximum absolute atomic E-state index is 12.6. The van der Waals surface area contributed by atoms with Crippen molar-refractivity contribution in [2.24, 2.45) is 11.8 Å². The first kappa shape index (κ1) is 23.2. The Morgan fingerprint density at radius 1 is 0.541 bits per heavy atom. The first-order valence-electron chi connectivity index (χ1n) is 13.0. The summed E-state index contributed by atoms with van der Waals surface area (Å²) in [7, 11) is 0. The molecule has 0 unspecified atom stereocenters. The van der Waals surface area contributed by atoms with E-state index in [1.54, 1.807) is 0 Å². The van der Waals surface area contributed by atoms with Crippen molar-refractivity contribution >= 4 is 23.2 Å². The molecule has 0 saturated heterocycles. The topological polar surface area (TPSA) is 58.2 Å². The molecule has 2 aliphatic carbocycles. The van der Waals surface area contributed by atoms with Gasteiger partial charge in [-0.2, -0.15) is 0 Å². The minimum Gasteiger partial charge on any atom is -0.326 e. The van der Waals surface area contributed by atoms with Gasteiger partial charge in [0, 0.05) is 23.2 Å². The minimum atomic E-state index is 0.0604.